The zero-order valence-electron chi connectivity index (χ0n) is 21.5. The van der Waals surface area contributed by atoms with Crippen molar-refractivity contribution in [3.8, 4) is 17.2 Å². The van der Waals surface area contributed by atoms with E-state index < -0.39 is 5.97 Å². The Bertz CT molecular complexity index is 1240. The third kappa shape index (κ3) is 7.68. The third-order valence-corrected chi connectivity index (χ3v) is 6.72. The molecule has 0 bridgehead atoms. The highest BCUT2D eigenvalue weighted by Crippen LogP contribution is 2.28. The van der Waals surface area contributed by atoms with Gasteiger partial charge in [-0.1, -0.05) is 23.8 Å². The number of ketones is 1. The van der Waals surface area contributed by atoms with Gasteiger partial charge in [0.25, 0.3) is 5.91 Å². The highest BCUT2D eigenvalue weighted by molar-refractivity contribution is 5.96. The van der Waals surface area contributed by atoms with Crippen LogP contribution in [0.5, 0.6) is 17.2 Å². The molecule has 0 aliphatic heterocycles. The first kappa shape index (κ1) is 26.9. The quantitative estimate of drug-likeness (QED) is 0.233. The highest BCUT2D eigenvalue weighted by Gasteiger charge is 2.26. The van der Waals surface area contributed by atoms with Gasteiger partial charge < -0.3 is 19.9 Å². The monoisotopic (exact) mass is 515 g/mol. The fourth-order valence-electron chi connectivity index (χ4n) is 4.48. The number of carboxylic acids is 1. The number of benzene rings is 3. The fraction of sp³-hybridized carbons (Fsp3) is 0.323. The van der Waals surface area contributed by atoms with Gasteiger partial charge in [-0.05, 0) is 93.6 Å². The van der Waals surface area contributed by atoms with E-state index >= 15 is 0 Å². The molecule has 0 spiro atoms. The lowest BCUT2D eigenvalue weighted by Gasteiger charge is -2.26. The summed E-state index contributed by atoms with van der Waals surface area (Å²) in [6, 6.07) is 21.8. The smallest absolute Gasteiger partial charge is 0.306 e. The van der Waals surface area contributed by atoms with Crippen LogP contribution in [0.4, 0.5) is 0 Å². The van der Waals surface area contributed by atoms with Crippen LogP contribution in [-0.4, -0.2) is 35.4 Å². The molecular formula is C31H33NO6. The van der Waals surface area contributed by atoms with Crippen molar-refractivity contribution >= 4 is 17.7 Å². The summed E-state index contributed by atoms with van der Waals surface area (Å²) in [4.78, 5) is 36.2. The standard InChI is InChI=1S/C31H33NO6/c1-21-7-13-25(14-8-21)38-28-5-2-4-24(20-28)30(34)32-19-3-6-29(33)22-9-15-26(16-10-22)37-27-17-11-23(12-18-27)31(35)36/h2,4-5,7-10,13-16,20,23,27H,3,6,11-12,17-19H2,1H3,(H,32,34)(H,35,36). The summed E-state index contributed by atoms with van der Waals surface area (Å²) in [6.07, 6.45) is 3.52. The van der Waals surface area contributed by atoms with Gasteiger partial charge in [-0.15, -0.1) is 0 Å². The fourth-order valence-corrected chi connectivity index (χ4v) is 4.48. The molecule has 0 heterocycles. The molecule has 4 rings (SSSR count). The number of carbonyl (C=O) groups excluding carboxylic acids is 2. The second-order valence-electron chi connectivity index (χ2n) is 9.68. The van der Waals surface area contributed by atoms with E-state index in [-0.39, 0.29) is 23.7 Å². The Balaban J connectivity index is 1.18. The zero-order chi connectivity index (χ0) is 26.9. The third-order valence-electron chi connectivity index (χ3n) is 6.72. The molecule has 0 aromatic heterocycles. The summed E-state index contributed by atoms with van der Waals surface area (Å²) in [6.45, 7) is 2.39. The van der Waals surface area contributed by atoms with E-state index in [4.69, 9.17) is 14.6 Å². The largest absolute Gasteiger partial charge is 0.490 e. The van der Waals surface area contributed by atoms with E-state index in [2.05, 4.69) is 5.32 Å². The van der Waals surface area contributed by atoms with Crippen molar-refractivity contribution in [2.75, 3.05) is 6.54 Å². The average molecular weight is 516 g/mol. The van der Waals surface area contributed by atoms with Crippen molar-refractivity contribution in [1.29, 1.82) is 0 Å². The van der Waals surface area contributed by atoms with Crippen LogP contribution in [0.2, 0.25) is 0 Å². The van der Waals surface area contributed by atoms with Gasteiger partial charge in [0, 0.05) is 24.1 Å². The molecule has 1 amide bonds. The van der Waals surface area contributed by atoms with E-state index in [1.807, 2.05) is 31.2 Å². The van der Waals surface area contributed by atoms with Crippen molar-refractivity contribution < 1.29 is 29.0 Å². The minimum atomic E-state index is -0.733. The molecule has 7 nitrogen and oxygen atoms in total. The van der Waals surface area contributed by atoms with E-state index in [0.29, 0.717) is 73.4 Å². The minimum absolute atomic E-state index is 0.00117. The van der Waals surface area contributed by atoms with Gasteiger partial charge >= 0.3 is 5.97 Å². The lowest BCUT2D eigenvalue weighted by atomic mass is 9.87. The molecule has 1 aliphatic rings. The number of carboxylic acid groups (broad SMARTS) is 1. The molecule has 3 aromatic carbocycles. The van der Waals surface area contributed by atoms with Crippen molar-refractivity contribution in [2.24, 2.45) is 5.92 Å². The first-order valence-corrected chi connectivity index (χ1v) is 13.0. The molecule has 198 valence electrons. The SMILES string of the molecule is Cc1ccc(Oc2cccc(C(=O)NCCCC(=O)c3ccc(OC4CCC(C(=O)O)CC4)cc3)c2)cc1. The van der Waals surface area contributed by atoms with Gasteiger partial charge in [0.2, 0.25) is 0 Å². The van der Waals surface area contributed by atoms with Crippen LogP contribution in [0.25, 0.3) is 0 Å². The molecule has 1 fully saturated rings. The molecule has 38 heavy (non-hydrogen) atoms. The van der Waals surface area contributed by atoms with Crippen molar-refractivity contribution in [3.63, 3.8) is 0 Å². The summed E-state index contributed by atoms with van der Waals surface area (Å²) in [7, 11) is 0. The van der Waals surface area contributed by atoms with Crippen molar-refractivity contribution in [2.45, 2.75) is 51.6 Å². The number of ether oxygens (including phenoxy) is 2. The van der Waals surface area contributed by atoms with Crippen LogP contribution in [-0.2, 0) is 4.79 Å². The zero-order valence-corrected chi connectivity index (χ0v) is 21.5. The predicted octanol–water partition coefficient (Wildman–Crippen LogP) is 6.20. The minimum Gasteiger partial charge on any atom is -0.490 e. The van der Waals surface area contributed by atoms with Gasteiger partial charge in [0.1, 0.15) is 17.2 Å². The van der Waals surface area contributed by atoms with Gasteiger partial charge in [-0.2, -0.15) is 0 Å². The van der Waals surface area contributed by atoms with E-state index in [1.54, 1.807) is 48.5 Å². The molecule has 7 heteroatoms. The first-order chi connectivity index (χ1) is 18.4. The molecule has 0 atom stereocenters. The number of nitrogens with one attached hydrogen (secondary N) is 1. The Morgan fingerprint density at radius 2 is 1.53 bits per heavy atom. The van der Waals surface area contributed by atoms with E-state index in [0.717, 1.165) is 5.56 Å². The Labute approximate surface area is 222 Å². The Morgan fingerprint density at radius 1 is 0.842 bits per heavy atom. The molecule has 0 unspecified atom stereocenters. The maximum absolute atomic E-state index is 12.6. The summed E-state index contributed by atoms with van der Waals surface area (Å²) in [5.74, 6) is 0.741. The van der Waals surface area contributed by atoms with E-state index in [9.17, 15) is 14.4 Å². The Morgan fingerprint density at radius 3 is 2.21 bits per heavy atom. The summed E-state index contributed by atoms with van der Waals surface area (Å²) in [5, 5.41) is 12.0. The topological polar surface area (TPSA) is 102 Å². The van der Waals surface area contributed by atoms with Crippen LogP contribution in [0.1, 0.15) is 64.8 Å². The number of rotatable bonds is 11. The van der Waals surface area contributed by atoms with Crippen molar-refractivity contribution in [1.82, 2.24) is 5.32 Å². The molecule has 0 saturated heterocycles. The van der Waals surface area contributed by atoms with E-state index in [1.165, 1.54) is 0 Å². The lowest BCUT2D eigenvalue weighted by molar-refractivity contribution is -0.143. The van der Waals surface area contributed by atoms with Crippen LogP contribution in [0, 0.1) is 12.8 Å². The second kappa shape index (κ2) is 12.9. The molecule has 3 aromatic rings. The molecule has 0 radical (unpaired) electrons. The second-order valence-corrected chi connectivity index (χ2v) is 9.68. The molecular weight excluding hydrogens is 482 g/mol. The number of amides is 1. The van der Waals surface area contributed by atoms with Gasteiger partial charge in [0.05, 0.1) is 12.0 Å². The van der Waals surface area contributed by atoms with Gasteiger partial charge in [-0.3, -0.25) is 14.4 Å². The summed E-state index contributed by atoms with van der Waals surface area (Å²) in [5.41, 5.74) is 2.23. The van der Waals surface area contributed by atoms with Gasteiger partial charge in [0.15, 0.2) is 5.78 Å². The molecule has 2 N–H and O–H groups in total. The van der Waals surface area contributed by atoms with Crippen molar-refractivity contribution in [3.05, 3.63) is 89.5 Å². The summed E-state index contributed by atoms with van der Waals surface area (Å²) < 4.78 is 11.8. The Kier molecular flexibility index (Phi) is 9.14. The van der Waals surface area contributed by atoms with Crippen LogP contribution in [0.3, 0.4) is 0 Å². The van der Waals surface area contributed by atoms with Gasteiger partial charge in [-0.25, -0.2) is 0 Å². The van der Waals surface area contributed by atoms with Crippen LogP contribution >= 0.6 is 0 Å². The number of hydrogen-bond acceptors (Lipinski definition) is 5. The number of hydrogen-bond donors (Lipinski definition) is 2. The summed E-state index contributed by atoms with van der Waals surface area (Å²) >= 11 is 0. The lowest BCUT2D eigenvalue weighted by Crippen LogP contribution is -2.27. The number of carbonyl (C=O) groups is 3. The normalized spacial score (nSPS) is 16.9. The number of Topliss-reactive ketones (excluding diaryl/α,β-unsaturated/α-hetero) is 1. The highest BCUT2D eigenvalue weighted by atomic mass is 16.5. The van der Waals surface area contributed by atoms with Crippen LogP contribution < -0.4 is 14.8 Å². The van der Waals surface area contributed by atoms with Crippen LogP contribution in [0.15, 0.2) is 72.8 Å². The Hall–Kier alpha value is -4.13. The molecule has 1 saturated carbocycles. The number of aryl methyl sites for hydroxylation is 1. The number of aliphatic carboxylic acids is 1. The predicted molar refractivity (Wildman–Crippen MR) is 144 cm³/mol. The maximum Gasteiger partial charge on any atom is 0.306 e. The average Bonchev–Trinajstić information content (AvgIpc) is 2.93. The maximum atomic E-state index is 12.6. The molecule has 1 aliphatic carbocycles. The first-order valence-electron chi connectivity index (χ1n) is 13.0.